The third-order valence-electron chi connectivity index (χ3n) is 5.04. The van der Waals surface area contributed by atoms with E-state index in [-0.39, 0.29) is 10.8 Å². The number of rotatable bonds is 8. The van der Waals surface area contributed by atoms with Gasteiger partial charge in [-0.2, -0.15) is 0 Å². The first kappa shape index (κ1) is 24.7. The quantitative estimate of drug-likeness (QED) is 0.393. The molecule has 0 spiro atoms. The molecule has 7 heteroatoms. The van der Waals surface area contributed by atoms with Gasteiger partial charge in [0.05, 0.1) is 13.8 Å². The third kappa shape index (κ3) is 6.76. The average Bonchev–Trinajstić information content (AvgIpc) is 2.51. The fourth-order valence-electron chi connectivity index (χ4n) is 2.16. The van der Waals surface area contributed by atoms with Gasteiger partial charge in [-0.3, -0.25) is 4.79 Å². The van der Waals surface area contributed by atoms with Crippen LogP contribution in [0.25, 0.3) is 0 Å². The second-order valence-electron chi connectivity index (χ2n) is 8.50. The minimum Gasteiger partial charge on any atom is -0.405 e. The van der Waals surface area contributed by atoms with Crippen molar-refractivity contribution >= 4 is 20.1 Å². The van der Waals surface area contributed by atoms with Gasteiger partial charge in [-0.05, 0) is 24.0 Å². The minimum absolute atomic E-state index is 0.0738. The molecule has 0 fully saturated rings. The molecule has 2 amide bonds. The molecule has 0 aromatic rings. The van der Waals surface area contributed by atoms with Crippen LogP contribution in [0.2, 0.25) is 18.1 Å². The Kier molecular flexibility index (Phi) is 9.59. The summed E-state index contributed by atoms with van der Waals surface area (Å²) in [5, 5.41) is 10.7. The zero-order valence-electron chi connectivity index (χ0n) is 18.0. The van der Waals surface area contributed by atoms with Crippen molar-refractivity contribution in [1.82, 2.24) is 9.80 Å². The summed E-state index contributed by atoms with van der Waals surface area (Å²) in [7, 11) is 1.03. The van der Waals surface area contributed by atoms with Crippen molar-refractivity contribution in [1.29, 1.82) is 0 Å². The number of aliphatic hydroxyl groups is 1. The summed E-state index contributed by atoms with van der Waals surface area (Å²) >= 11 is 0. The number of carbonyl (C=O) groups is 2. The first-order chi connectivity index (χ1) is 11.8. The number of ether oxygens (including phenoxy) is 1. The van der Waals surface area contributed by atoms with E-state index in [0.717, 1.165) is 12.8 Å². The van der Waals surface area contributed by atoms with E-state index in [0.29, 0.717) is 13.1 Å². The molecule has 0 aliphatic carbocycles. The van der Waals surface area contributed by atoms with Crippen LogP contribution in [0.3, 0.4) is 0 Å². The Morgan fingerprint density at radius 2 is 1.58 bits per heavy atom. The van der Waals surface area contributed by atoms with Crippen molar-refractivity contribution in [2.75, 3.05) is 27.2 Å². The number of hydrogen-bond acceptors (Lipinski definition) is 4. The summed E-state index contributed by atoms with van der Waals surface area (Å²) in [6.45, 7) is 15.5. The Hall–Kier alpha value is -1.34. The van der Waals surface area contributed by atoms with Crippen LogP contribution in [0.5, 0.6) is 0 Å². The van der Waals surface area contributed by atoms with Crippen LogP contribution in [0, 0.1) is 0 Å². The van der Waals surface area contributed by atoms with Crippen LogP contribution in [-0.4, -0.2) is 67.9 Å². The number of amides is 2. The highest BCUT2D eigenvalue weighted by Crippen LogP contribution is 2.38. The second-order valence-corrected chi connectivity index (χ2v) is 14.0. The lowest BCUT2D eigenvalue weighted by Crippen LogP contribution is -2.49. The largest absolute Gasteiger partial charge is 0.415 e. The molecule has 0 aromatic carbocycles. The van der Waals surface area contributed by atoms with Crippen LogP contribution < -0.4 is 0 Å². The Bertz CT molecular complexity index is 504. The highest BCUT2D eigenvalue weighted by atomic mass is 28.3. The summed E-state index contributed by atoms with van der Waals surface area (Å²) < 4.78 is 5.44. The molecule has 26 heavy (non-hydrogen) atoms. The van der Waals surface area contributed by atoms with E-state index >= 15 is 0 Å². The fourth-order valence-corrected chi connectivity index (χ4v) is 3.61. The summed E-state index contributed by atoms with van der Waals surface area (Å²) in [5.74, 6) is -0.529. The van der Waals surface area contributed by atoms with E-state index in [9.17, 15) is 14.7 Å². The van der Waals surface area contributed by atoms with Gasteiger partial charge >= 0.3 is 6.09 Å². The summed E-state index contributed by atoms with van der Waals surface area (Å²) in [5.41, 5.74) is -0.806. The summed E-state index contributed by atoms with van der Waals surface area (Å²) in [4.78, 5) is 27.9. The molecule has 0 aromatic heterocycles. The molecule has 1 unspecified atom stereocenters. The van der Waals surface area contributed by atoms with Crippen molar-refractivity contribution in [3.05, 3.63) is 11.8 Å². The maximum atomic E-state index is 12.5. The Morgan fingerprint density at radius 3 is 1.92 bits per heavy atom. The molecule has 0 aliphatic heterocycles. The highest BCUT2D eigenvalue weighted by Gasteiger charge is 2.41. The first-order valence-corrected chi connectivity index (χ1v) is 12.5. The molecule has 0 rings (SSSR count). The van der Waals surface area contributed by atoms with Crippen LogP contribution in [0.1, 0.15) is 47.5 Å². The number of hydrogen-bond donors (Lipinski definition) is 1. The summed E-state index contributed by atoms with van der Waals surface area (Å²) in [6, 6.07) is 0. The molecule has 0 radical (unpaired) electrons. The van der Waals surface area contributed by atoms with E-state index in [2.05, 4.69) is 33.9 Å². The average molecular weight is 387 g/mol. The molecule has 0 saturated carbocycles. The monoisotopic (exact) mass is 386 g/mol. The van der Waals surface area contributed by atoms with Gasteiger partial charge in [-0.25, -0.2) is 4.79 Å². The highest BCUT2D eigenvalue weighted by molar-refractivity contribution is 6.81. The molecule has 0 aliphatic rings. The summed E-state index contributed by atoms with van der Waals surface area (Å²) in [6.07, 6.45) is 2.50. The predicted molar refractivity (Wildman–Crippen MR) is 109 cm³/mol. The topological polar surface area (TPSA) is 70.1 Å². The fraction of sp³-hybridized carbons (Fsp3) is 0.789. The molecule has 0 bridgehead atoms. The molecule has 0 saturated heterocycles. The number of likely N-dealkylation sites (N-methyl/N-ethyl adjacent to an activating group) is 1. The lowest BCUT2D eigenvalue weighted by molar-refractivity contribution is -0.127. The molecule has 1 atom stereocenters. The molecule has 0 heterocycles. The van der Waals surface area contributed by atoms with Crippen LogP contribution in [0.4, 0.5) is 4.79 Å². The molecule has 6 nitrogen and oxygen atoms in total. The van der Waals surface area contributed by atoms with Gasteiger partial charge in [0.1, 0.15) is 0 Å². The molecular formula is C19H38N2O4Si. The molecule has 1 N–H and O–H groups in total. The second kappa shape index (κ2) is 10.1. The van der Waals surface area contributed by atoms with Gasteiger partial charge in [0, 0.05) is 27.2 Å². The lowest BCUT2D eigenvalue weighted by atomic mass is 10.2. The van der Waals surface area contributed by atoms with Gasteiger partial charge < -0.3 is 19.6 Å². The van der Waals surface area contributed by atoms with E-state index in [1.165, 1.54) is 11.0 Å². The third-order valence-corrected chi connectivity index (χ3v) is 10.6. The van der Waals surface area contributed by atoms with Gasteiger partial charge in [0.25, 0.3) is 5.91 Å². The van der Waals surface area contributed by atoms with Gasteiger partial charge in [-0.1, -0.05) is 47.7 Å². The van der Waals surface area contributed by atoms with E-state index < -0.39 is 25.8 Å². The maximum Gasteiger partial charge on any atom is 0.415 e. The predicted octanol–water partition coefficient (Wildman–Crippen LogP) is 3.63. The molecular weight excluding hydrogens is 348 g/mol. The molecule has 152 valence electrons. The normalized spacial score (nSPS) is 14.0. The van der Waals surface area contributed by atoms with E-state index in [1.54, 1.807) is 19.0 Å². The standard InChI is InChI=1S/C19H38N2O4Si/c1-10-12-21(13-11-2)18(24)25-15(17(23)20(6)7)14-16(22)26(8,9)19(3,4)5/h14,16,22H,10-13H2,1-9H3/b15-14-. The van der Waals surface area contributed by atoms with Crippen molar-refractivity contribution in [2.45, 2.75) is 71.3 Å². The van der Waals surface area contributed by atoms with Crippen molar-refractivity contribution in [3.63, 3.8) is 0 Å². The number of nitrogens with zero attached hydrogens (tertiary/aromatic N) is 2. The van der Waals surface area contributed by atoms with Crippen LogP contribution in [0.15, 0.2) is 11.8 Å². The van der Waals surface area contributed by atoms with Crippen LogP contribution in [-0.2, 0) is 9.53 Å². The maximum absolute atomic E-state index is 12.5. The Balaban J connectivity index is 5.68. The smallest absolute Gasteiger partial charge is 0.405 e. The Labute approximate surface area is 160 Å². The van der Waals surface area contributed by atoms with Gasteiger partial charge in [0.2, 0.25) is 0 Å². The number of carbonyl (C=O) groups excluding carboxylic acids is 2. The SMILES string of the molecule is CCCN(CCC)C(=O)O/C(=C\C(O)[Si](C)(C)C(C)(C)C)C(=O)N(C)C. The van der Waals surface area contributed by atoms with E-state index in [4.69, 9.17) is 4.74 Å². The van der Waals surface area contributed by atoms with Gasteiger partial charge in [0.15, 0.2) is 5.76 Å². The minimum atomic E-state index is -2.16. The first-order valence-electron chi connectivity index (χ1n) is 9.37. The van der Waals surface area contributed by atoms with E-state index in [1.807, 2.05) is 13.8 Å². The zero-order chi connectivity index (χ0) is 20.7. The van der Waals surface area contributed by atoms with Crippen LogP contribution >= 0.6 is 0 Å². The van der Waals surface area contributed by atoms with Crippen molar-refractivity contribution < 1.29 is 19.4 Å². The zero-order valence-corrected chi connectivity index (χ0v) is 19.0. The van der Waals surface area contributed by atoms with Crippen molar-refractivity contribution in [2.24, 2.45) is 0 Å². The van der Waals surface area contributed by atoms with Crippen molar-refractivity contribution in [3.8, 4) is 0 Å². The van der Waals surface area contributed by atoms with Gasteiger partial charge in [-0.15, -0.1) is 0 Å². The number of aliphatic hydroxyl groups excluding tert-OH is 1. The lowest BCUT2D eigenvalue weighted by Gasteiger charge is -2.39. The Morgan fingerprint density at radius 1 is 1.12 bits per heavy atom.